The Balaban J connectivity index is 2.37. The number of rotatable bonds is 4. The second kappa shape index (κ2) is 6.98. The zero-order valence-corrected chi connectivity index (χ0v) is 14.2. The molecule has 0 fully saturated rings. The Hall–Kier alpha value is -2.44. The van der Waals surface area contributed by atoms with Crippen molar-refractivity contribution in [2.45, 2.75) is 46.6 Å². The van der Waals surface area contributed by atoms with Crippen molar-refractivity contribution in [1.29, 1.82) is 0 Å². The molecule has 0 saturated heterocycles. The van der Waals surface area contributed by atoms with Crippen LogP contribution in [0.1, 0.15) is 38.8 Å². The van der Waals surface area contributed by atoms with Crippen LogP contribution in [0.2, 0.25) is 0 Å². The van der Waals surface area contributed by atoms with Gasteiger partial charge in [0.15, 0.2) is 5.82 Å². The minimum Gasteiger partial charge on any atom is -0.463 e. The van der Waals surface area contributed by atoms with Gasteiger partial charge in [0.05, 0.1) is 17.7 Å². The molecule has 7 heteroatoms. The fourth-order valence-electron chi connectivity index (χ4n) is 2.81. The summed E-state index contributed by atoms with van der Waals surface area (Å²) in [6.07, 6.45) is 0.306. The molecular formula is C17H21FN2O4. The van der Waals surface area contributed by atoms with Crippen molar-refractivity contribution < 1.29 is 23.5 Å². The molecule has 2 rings (SSSR count). The lowest BCUT2D eigenvalue weighted by Crippen LogP contribution is -2.21. The molecule has 1 atom stereocenters. The lowest BCUT2D eigenvalue weighted by Gasteiger charge is -2.14. The summed E-state index contributed by atoms with van der Waals surface area (Å²) in [5, 5.41) is 4.92. The quantitative estimate of drug-likeness (QED) is 0.827. The Kier molecular flexibility index (Phi) is 5.21. The van der Waals surface area contributed by atoms with Crippen LogP contribution in [0.3, 0.4) is 0 Å². The molecule has 6 nitrogen and oxygen atoms in total. The number of ether oxygens (including phenoxy) is 1. The van der Waals surface area contributed by atoms with E-state index in [1.54, 1.807) is 19.9 Å². The highest BCUT2D eigenvalue weighted by atomic mass is 19.1. The number of hydrogen-bond donors (Lipinski definition) is 2. The highest BCUT2D eigenvalue weighted by molar-refractivity contribution is 5.99. The molecule has 130 valence electrons. The monoisotopic (exact) mass is 336 g/mol. The van der Waals surface area contributed by atoms with E-state index in [9.17, 15) is 18.8 Å². The second-order valence-electron chi connectivity index (χ2n) is 6.20. The largest absolute Gasteiger partial charge is 0.463 e. The molecule has 1 aliphatic rings. The average molecular weight is 336 g/mol. The summed E-state index contributed by atoms with van der Waals surface area (Å²) < 4.78 is 20.0. The topological polar surface area (TPSA) is 84.5 Å². The normalized spacial score (nSPS) is 15.8. The van der Waals surface area contributed by atoms with Crippen molar-refractivity contribution in [1.82, 2.24) is 0 Å². The van der Waals surface area contributed by atoms with E-state index in [2.05, 4.69) is 10.6 Å². The fourth-order valence-corrected chi connectivity index (χ4v) is 2.81. The van der Waals surface area contributed by atoms with Gasteiger partial charge in [-0.2, -0.15) is 0 Å². The molecule has 24 heavy (non-hydrogen) atoms. The number of fused-ring (bicyclic) bond motifs is 1. The van der Waals surface area contributed by atoms with E-state index in [0.717, 1.165) is 0 Å². The molecule has 0 heterocycles. The highest BCUT2D eigenvalue weighted by Crippen LogP contribution is 2.38. The number of anilines is 2. The van der Waals surface area contributed by atoms with Crippen LogP contribution in [0.4, 0.5) is 15.8 Å². The number of carbonyl (C=O) groups excluding carboxylic acids is 3. The first-order valence-corrected chi connectivity index (χ1v) is 7.79. The molecule has 0 aromatic heterocycles. The van der Waals surface area contributed by atoms with E-state index in [1.807, 2.05) is 0 Å². The number of benzene rings is 1. The standard InChI is InChI=1S/C17H21FN2O4/c1-8(2)24-17(23)12-5-11-7-14(19-9(3)21)16(20-10(4)22)15(18)13(11)6-12/h7-8,12H,5-6H2,1-4H3,(H,19,21)(H,20,22). The van der Waals surface area contributed by atoms with Gasteiger partial charge in [-0.1, -0.05) is 0 Å². The number of nitrogens with one attached hydrogen (secondary N) is 2. The van der Waals surface area contributed by atoms with Gasteiger partial charge in [-0.05, 0) is 43.9 Å². The first-order chi connectivity index (χ1) is 11.2. The van der Waals surface area contributed by atoms with Crippen LogP contribution in [-0.4, -0.2) is 23.9 Å². The van der Waals surface area contributed by atoms with Gasteiger partial charge >= 0.3 is 5.97 Å². The van der Waals surface area contributed by atoms with E-state index in [-0.39, 0.29) is 35.8 Å². The summed E-state index contributed by atoms with van der Waals surface area (Å²) in [6.45, 7) is 6.06. The van der Waals surface area contributed by atoms with Crippen molar-refractivity contribution in [3.8, 4) is 0 Å². The van der Waals surface area contributed by atoms with E-state index in [1.165, 1.54) is 13.8 Å². The van der Waals surface area contributed by atoms with Crippen LogP contribution in [0, 0.1) is 11.7 Å². The summed E-state index contributed by atoms with van der Waals surface area (Å²) >= 11 is 0. The van der Waals surface area contributed by atoms with Crippen LogP contribution >= 0.6 is 0 Å². The second-order valence-corrected chi connectivity index (χ2v) is 6.20. The summed E-state index contributed by atoms with van der Waals surface area (Å²) in [6, 6.07) is 1.60. The molecule has 0 radical (unpaired) electrons. The molecule has 1 aliphatic carbocycles. The third-order valence-corrected chi connectivity index (χ3v) is 3.67. The van der Waals surface area contributed by atoms with E-state index >= 15 is 0 Å². The minimum absolute atomic E-state index is 0.0747. The van der Waals surface area contributed by atoms with Crippen molar-refractivity contribution in [3.05, 3.63) is 23.0 Å². The number of hydrogen-bond acceptors (Lipinski definition) is 4. The van der Waals surface area contributed by atoms with Gasteiger partial charge in [0, 0.05) is 13.8 Å². The lowest BCUT2D eigenvalue weighted by molar-refractivity contribution is -0.152. The van der Waals surface area contributed by atoms with Crippen molar-refractivity contribution in [2.24, 2.45) is 5.92 Å². The molecule has 0 saturated carbocycles. The number of esters is 1. The van der Waals surface area contributed by atoms with Crippen LogP contribution in [-0.2, 0) is 32.0 Å². The molecule has 2 N–H and O–H groups in total. The Labute approximate surface area is 139 Å². The van der Waals surface area contributed by atoms with Crippen molar-refractivity contribution in [2.75, 3.05) is 10.6 Å². The van der Waals surface area contributed by atoms with Gasteiger partial charge in [0.2, 0.25) is 11.8 Å². The van der Waals surface area contributed by atoms with Gasteiger partial charge < -0.3 is 15.4 Å². The van der Waals surface area contributed by atoms with Crippen LogP contribution in [0.25, 0.3) is 0 Å². The Morgan fingerprint density at radius 3 is 2.33 bits per heavy atom. The van der Waals surface area contributed by atoms with Gasteiger partial charge in [-0.15, -0.1) is 0 Å². The van der Waals surface area contributed by atoms with Gasteiger partial charge in [0.25, 0.3) is 0 Å². The molecule has 1 aromatic carbocycles. The fraction of sp³-hybridized carbons (Fsp3) is 0.471. The SMILES string of the molecule is CC(=O)Nc1cc2c(c(F)c1NC(C)=O)CC(C(=O)OC(C)C)C2. The smallest absolute Gasteiger partial charge is 0.309 e. The first kappa shape index (κ1) is 17.9. The molecule has 2 amide bonds. The van der Waals surface area contributed by atoms with Crippen LogP contribution in [0.5, 0.6) is 0 Å². The minimum atomic E-state index is -0.619. The Morgan fingerprint density at radius 1 is 1.17 bits per heavy atom. The number of carbonyl (C=O) groups is 3. The first-order valence-electron chi connectivity index (χ1n) is 7.79. The highest BCUT2D eigenvalue weighted by Gasteiger charge is 2.33. The summed E-state index contributed by atoms with van der Waals surface area (Å²) in [4.78, 5) is 34.7. The van der Waals surface area contributed by atoms with E-state index in [4.69, 9.17) is 4.74 Å². The maximum Gasteiger partial charge on any atom is 0.309 e. The summed E-state index contributed by atoms with van der Waals surface area (Å²) in [7, 11) is 0. The lowest BCUT2D eigenvalue weighted by atomic mass is 10.1. The average Bonchev–Trinajstić information content (AvgIpc) is 2.85. The molecule has 0 bridgehead atoms. The van der Waals surface area contributed by atoms with Gasteiger partial charge in [-0.25, -0.2) is 4.39 Å². The van der Waals surface area contributed by atoms with Gasteiger partial charge in [0.1, 0.15) is 5.69 Å². The van der Waals surface area contributed by atoms with Crippen molar-refractivity contribution >= 4 is 29.2 Å². The predicted octanol–water partition coefficient (Wildman–Crippen LogP) is 2.41. The maximum atomic E-state index is 14.8. The maximum absolute atomic E-state index is 14.8. The molecule has 0 aliphatic heterocycles. The predicted molar refractivity (Wildman–Crippen MR) is 87.1 cm³/mol. The Morgan fingerprint density at radius 2 is 1.79 bits per heavy atom. The summed E-state index contributed by atoms with van der Waals surface area (Å²) in [5.41, 5.74) is 1.12. The van der Waals surface area contributed by atoms with E-state index < -0.39 is 17.6 Å². The van der Waals surface area contributed by atoms with E-state index in [0.29, 0.717) is 17.5 Å². The zero-order chi connectivity index (χ0) is 18.0. The van der Waals surface area contributed by atoms with Crippen LogP contribution in [0.15, 0.2) is 6.07 Å². The van der Waals surface area contributed by atoms with Crippen molar-refractivity contribution in [3.63, 3.8) is 0 Å². The number of halogens is 1. The third kappa shape index (κ3) is 3.90. The summed E-state index contributed by atoms with van der Waals surface area (Å²) in [5.74, 6) is -2.28. The molecular weight excluding hydrogens is 315 g/mol. The third-order valence-electron chi connectivity index (χ3n) is 3.67. The molecule has 1 unspecified atom stereocenters. The van der Waals surface area contributed by atoms with Crippen LogP contribution < -0.4 is 10.6 Å². The zero-order valence-electron chi connectivity index (χ0n) is 14.2. The van der Waals surface area contributed by atoms with Gasteiger partial charge in [-0.3, -0.25) is 14.4 Å². The molecule has 1 aromatic rings. The Bertz CT molecular complexity index is 700. The number of amides is 2. The molecule has 0 spiro atoms.